The molecule has 0 aliphatic heterocycles. The molecule has 2 aromatic carbocycles. The van der Waals surface area contributed by atoms with Crippen LogP contribution >= 0.6 is 12.4 Å². The summed E-state index contributed by atoms with van der Waals surface area (Å²) in [6, 6.07) is 15.8. The van der Waals surface area contributed by atoms with Crippen molar-refractivity contribution in [1.29, 1.82) is 0 Å². The highest BCUT2D eigenvalue weighted by Gasteiger charge is 2.13. The van der Waals surface area contributed by atoms with Crippen LogP contribution in [-0.4, -0.2) is 30.5 Å². The van der Waals surface area contributed by atoms with Gasteiger partial charge in [0.15, 0.2) is 0 Å². The average Bonchev–Trinajstić information content (AvgIpc) is 2.64. The third-order valence-electron chi connectivity index (χ3n) is 3.82. The molecule has 0 saturated carbocycles. The second-order valence-electron chi connectivity index (χ2n) is 5.85. The fraction of sp³-hybridized carbons (Fsp3) is 0.350. The fourth-order valence-electron chi connectivity index (χ4n) is 2.48. The van der Waals surface area contributed by atoms with E-state index in [4.69, 9.17) is 10.5 Å². The summed E-state index contributed by atoms with van der Waals surface area (Å²) >= 11 is 0. The summed E-state index contributed by atoms with van der Waals surface area (Å²) in [6.45, 7) is 2.24. The van der Waals surface area contributed by atoms with Crippen LogP contribution in [0.3, 0.4) is 0 Å². The van der Waals surface area contributed by atoms with Crippen LogP contribution in [0, 0.1) is 5.82 Å². The molecule has 142 valence electrons. The molecule has 1 amide bonds. The first-order valence-corrected chi connectivity index (χ1v) is 8.59. The van der Waals surface area contributed by atoms with E-state index >= 15 is 0 Å². The van der Waals surface area contributed by atoms with Gasteiger partial charge in [-0.15, -0.1) is 12.4 Å². The van der Waals surface area contributed by atoms with Crippen molar-refractivity contribution in [2.45, 2.75) is 25.8 Å². The molecule has 0 aliphatic rings. The van der Waals surface area contributed by atoms with Crippen molar-refractivity contribution in [3.63, 3.8) is 0 Å². The highest BCUT2D eigenvalue weighted by Crippen LogP contribution is 2.12. The van der Waals surface area contributed by atoms with Crippen molar-refractivity contribution in [2.75, 3.05) is 19.7 Å². The molecule has 0 aliphatic carbocycles. The Morgan fingerprint density at radius 1 is 1.04 bits per heavy atom. The Morgan fingerprint density at radius 2 is 1.73 bits per heavy atom. The van der Waals surface area contributed by atoms with Gasteiger partial charge < -0.3 is 15.4 Å². The van der Waals surface area contributed by atoms with Crippen LogP contribution in [0.5, 0.6) is 5.75 Å². The molecule has 0 heterocycles. The number of benzene rings is 2. The standard InChI is InChI=1S/C20H25FN2O2.ClH/c21-18-9-11-19(12-10-18)25-15-4-8-20(24)23(14-5-13-22)16-17-6-2-1-3-7-17;/h1-3,6-7,9-12H,4-5,8,13-16,22H2;1H. The first-order valence-electron chi connectivity index (χ1n) is 8.59. The Kier molecular flexibility index (Phi) is 10.4. The van der Waals surface area contributed by atoms with Crippen molar-refractivity contribution in [3.05, 3.63) is 66.0 Å². The molecule has 26 heavy (non-hydrogen) atoms. The molecule has 0 radical (unpaired) electrons. The van der Waals surface area contributed by atoms with Gasteiger partial charge in [-0.3, -0.25) is 4.79 Å². The van der Waals surface area contributed by atoms with E-state index in [-0.39, 0.29) is 24.1 Å². The Morgan fingerprint density at radius 3 is 2.38 bits per heavy atom. The molecular weight excluding hydrogens is 355 g/mol. The van der Waals surface area contributed by atoms with E-state index in [0.29, 0.717) is 44.8 Å². The maximum atomic E-state index is 12.8. The Labute approximate surface area is 160 Å². The van der Waals surface area contributed by atoms with Crippen molar-refractivity contribution < 1.29 is 13.9 Å². The van der Waals surface area contributed by atoms with E-state index in [1.54, 1.807) is 12.1 Å². The van der Waals surface area contributed by atoms with Gasteiger partial charge in [-0.25, -0.2) is 4.39 Å². The number of carbonyl (C=O) groups excluding carboxylic acids is 1. The zero-order valence-electron chi connectivity index (χ0n) is 14.8. The lowest BCUT2D eigenvalue weighted by Crippen LogP contribution is -2.32. The summed E-state index contributed by atoms with van der Waals surface area (Å²) < 4.78 is 18.4. The van der Waals surface area contributed by atoms with E-state index < -0.39 is 0 Å². The van der Waals surface area contributed by atoms with Gasteiger partial charge in [-0.2, -0.15) is 0 Å². The molecule has 0 unspecified atom stereocenters. The highest BCUT2D eigenvalue weighted by atomic mass is 35.5. The fourth-order valence-corrected chi connectivity index (χ4v) is 2.48. The number of nitrogens with zero attached hydrogens (tertiary/aromatic N) is 1. The number of amides is 1. The molecule has 2 rings (SSSR count). The van der Waals surface area contributed by atoms with Crippen molar-refractivity contribution in [3.8, 4) is 5.75 Å². The molecule has 0 saturated heterocycles. The molecule has 0 bridgehead atoms. The van der Waals surface area contributed by atoms with E-state index in [1.807, 2.05) is 35.2 Å². The number of ether oxygens (including phenoxy) is 1. The minimum absolute atomic E-state index is 0. The number of carbonyl (C=O) groups is 1. The van der Waals surface area contributed by atoms with Crippen molar-refractivity contribution in [2.24, 2.45) is 5.73 Å². The lowest BCUT2D eigenvalue weighted by molar-refractivity contribution is -0.132. The van der Waals surface area contributed by atoms with Crippen LogP contribution < -0.4 is 10.5 Å². The second kappa shape index (κ2) is 12.3. The minimum Gasteiger partial charge on any atom is -0.494 e. The van der Waals surface area contributed by atoms with Crippen LogP contribution in [0.2, 0.25) is 0 Å². The van der Waals surface area contributed by atoms with Crippen LogP contribution in [-0.2, 0) is 11.3 Å². The lowest BCUT2D eigenvalue weighted by Gasteiger charge is -2.23. The van der Waals surface area contributed by atoms with Gasteiger partial charge in [0.25, 0.3) is 0 Å². The van der Waals surface area contributed by atoms with Gasteiger partial charge in [0.2, 0.25) is 5.91 Å². The monoisotopic (exact) mass is 380 g/mol. The normalized spacial score (nSPS) is 10.1. The highest BCUT2D eigenvalue weighted by molar-refractivity contribution is 5.85. The first-order chi connectivity index (χ1) is 12.2. The predicted molar refractivity (Wildman–Crippen MR) is 104 cm³/mol. The summed E-state index contributed by atoms with van der Waals surface area (Å²) in [7, 11) is 0. The molecule has 0 fully saturated rings. The third-order valence-corrected chi connectivity index (χ3v) is 3.82. The van der Waals surface area contributed by atoms with Gasteiger partial charge in [0.1, 0.15) is 11.6 Å². The SMILES string of the molecule is Cl.NCCCN(Cc1ccccc1)C(=O)CCCOc1ccc(F)cc1. The van der Waals surface area contributed by atoms with Gasteiger partial charge in [0, 0.05) is 19.5 Å². The van der Waals surface area contributed by atoms with Gasteiger partial charge in [0.05, 0.1) is 6.61 Å². The minimum atomic E-state index is -0.293. The zero-order valence-corrected chi connectivity index (χ0v) is 15.6. The van der Waals surface area contributed by atoms with Gasteiger partial charge in [-0.05, 0) is 49.2 Å². The van der Waals surface area contributed by atoms with Crippen LogP contribution in [0.15, 0.2) is 54.6 Å². The third kappa shape index (κ3) is 7.85. The largest absolute Gasteiger partial charge is 0.494 e. The summed E-state index contributed by atoms with van der Waals surface area (Å²) in [6.07, 6.45) is 1.81. The Hall–Kier alpha value is -2.11. The molecule has 6 heteroatoms. The molecule has 0 spiro atoms. The number of hydrogen-bond donors (Lipinski definition) is 1. The first kappa shape index (κ1) is 21.9. The van der Waals surface area contributed by atoms with Crippen LogP contribution in [0.1, 0.15) is 24.8 Å². The van der Waals surface area contributed by atoms with Gasteiger partial charge in [-0.1, -0.05) is 30.3 Å². The number of nitrogens with two attached hydrogens (primary N) is 1. The average molecular weight is 381 g/mol. The Balaban J connectivity index is 0.00000338. The maximum Gasteiger partial charge on any atom is 0.222 e. The predicted octanol–water partition coefficient (Wildman–Crippen LogP) is 3.78. The second-order valence-corrected chi connectivity index (χ2v) is 5.85. The van der Waals surface area contributed by atoms with Crippen LogP contribution in [0.25, 0.3) is 0 Å². The number of hydrogen-bond acceptors (Lipinski definition) is 3. The van der Waals surface area contributed by atoms with Gasteiger partial charge >= 0.3 is 0 Å². The summed E-state index contributed by atoms with van der Waals surface area (Å²) in [5.41, 5.74) is 6.69. The van der Waals surface area contributed by atoms with Crippen molar-refractivity contribution >= 4 is 18.3 Å². The molecular formula is C20H26ClFN2O2. The lowest BCUT2D eigenvalue weighted by atomic mass is 10.2. The van der Waals surface area contributed by atoms with Crippen LogP contribution in [0.4, 0.5) is 4.39 Å². The summed E-state index contributed by atoms with van der Waals surface area (Å²) in [5, 5.41) is 0. The van der Waals surface area contributed by atoms with E-state index in [0.717, 1.165) is 12.0 Å². The number of rotatable bonds is 10. The molecule has 0 atom stereocenters. The topological polar surface area (TPSA) is 55.6 Å². The Bertz CT molecular complexity index is 638. The zero-order chi connectivity index (χ0) is 17.9. The molecule has 2 aromatic rings. The van der Waals surface area contributed by atoms with E-state index in [2.05, 4.69) is 0 Å². The molecule has 4 nitrogen and oxygen atoms in total. The van der Waals surface area contributed by atoms with E-state index in [9.17, 15) is 9.18 Å². The molecule has 0 aromatic heterocycles. The van der Waals surface area contributed by atoms with Crippen molar-refractivity contribution in [1.82, 2.24) is 4.90 Å². The quantitative estimate of drug-likeness (QED) is 0.638. The summed E-state index contributed by atoms with van der Waals surface area (Å²) in [5.74, 6) is 0.414. The smallest absolute Gasteiger partial charge is 0.222 e. The van der Waals surface area contributed by atoms with E-state index in [1.165, 1.54) is 12.1 Å². The maximum absolute atomic E-state index is 12.8. The molecule has 2 N–H and O–H groups in total. The number of halogens is 2. The summed E-state index contributed by atoms with van der Waals surface area (Å²) in [4.78, 5) is 14.3.